The third-order valence-corrected chi connectivity index (χ3v) is 6.11. The Bertz CT molecular complexity index is 1090. The van der Waals surface area contributed by atoms with Gasteiger partial charge in [-0.15, -0.1) is 0 Å². The van der Waals surface area contributed by atoms with Crippen LogP contribution in [-0.4, -0.2) is 46.2 Å². The predicted molar refractivity (Wildman–Crippen MR) is 108 cm³/mol. The summed E-state index contributed by atoms with van der Waals surface area (Å²) in [6.07, 6.45) is 2.98. The van der Waals surface area contributed by atoms with Crippen LogP contribution in [-0.2, 0) is 22.4 Å². The molecule has 2 amide bonds. The van der Waals surface area contributed by atoms with E-state index in [9.17, 15) is 9.59 Å². The summed E-state index contributed by atoms with van der Waals surface area (Å²) in [4.78, 5) is 32.6. The molecule has 1 fully saturated rings. The van der Waals surface area contributed by atoms with Crippen molar-refractivity contribution >= 4 is 34.3 Å². The van der Waals surface area contributed by atoms with Crippen LogP contribution in [0.2, 0.25) is 5.02 Å². The summed E-state index contributed by atoms with van der Waals surface area (Å²) in [5, 5.41) is 1.59. The Morgan fingerprint density at radius 2 is 2.07 bits per heavy atom. The van der Waals surface area contributed by atoms with Gasteiger partial charge in [0.1, 0.15) is 0 Å². The van der Waals surface area contributed by atoms with E-state index >= 15 is 0 Å². The van der Waals surface area contributed by atoms with Gasteiger partial charge in [0.25, 0.3) is 0 Å². The smallest absolute Gasteiger partial charge is 0.242 e. The summed E-state index contributed by atoms with van der Waals surface area (Å²) in [6.45, 7) is 1.43. The molecular weight excluding hydrogens is 374 g/mol. The molecule has 2 aliphatic rings. The molecule has 5 rings (SSSR count). The van der Waals surface area contributed by atoms with Gasteiger partial charge in [0.15, 0.2) is 0 Å². The Labute approximate surface area is 167 Å². The lowest BCUT2D eigenvalue weighted by atomic mass is 9.90. The average Bonchev–Trinajstić information content (AvgIpc) is 3.09. The minimum absolute atomic E-state index is 0.0288. The number of rotatable bonds is 2. The zero-order chi connectivity index (χ0) is 19.3. The minimum Gasteiger partial charge on any atom is -0.361 e. The molecule has 2 aromatic carbocycles. The Balaban J connectivity index is 1.40. The molecular formula is C22H20ClN3O2. The Hall–Kier alpha value is -2.79. The van der Waals surface area contributed by atoms with Crippen molar-refractivity contribution in [3.8, 4) is 0 Å². The standard InChI is InChI=1S/C22H20ClN3O2/c23-16-5-6-19-18(10-16)15(11-24-19)9-21(27)25-12-20-17-4-2-1-3-14(17)7-8-26(20)22(28)13-25/h1-6,10-11,20,24H,7-9,12-13H2. The van der Waals surface area contributed by atoms with Crippen LogP contribution in [0, 0.1) is 0 Å². The van der Waals surface area contributed by atoms with Gasteiger partial charge in [-0.25, -0.2) is 0 Å². The van der Waals surface area contributed by atoms with Crippen molar-refractivity contribution in [1.82, 2.24) is 14.8 Å². The molecule has 0 saturated carbocycles. The van der Waals surface area contributed by atoms with Crippen LogP contribution < -0.4 is 0 Å². The third-order valence-electron chi connectivity index (χ3n) is 5.88. The monoisotopic (exact) mass is 393 g/mol. The van der Waals surface area contributed by atoms with Gasteiger partial charge in [0.2, 0.25) is 11.8 Å². The van der Waals surface area contributed by atoms with Crippen molar-refractivity contribution in [1.29, 1.82) is 0 Å². The van der Waals surface area contributed by atoms with E-state index in [1.165, 1.54) is 11.1 Å². The lowest BCUT2D eigenvalue weighted by Crippen LogP contribution is -2.55. The van der Waals surface area contributed by atoms with E-state index < -0.39 is 0 Å². The van der Waals surface area contributed by atoms with E-state index in [0.29, 0.717) is 11.6 Å². The fourth-order valence-electron chi connectivity index (χ4n) is 4.44. The van der Waals surface area contributed by atoms with E-state index in [2.05, 4.69) is 17.1 Å². The van der Waals surface area contributed by atoms with Crippen molar-refractivity contribution in [3.05, 3.63) is 70.4 Å². The third kappa shape index (κ3) is 2.87. The van der Waals surface area contributed by atoms with E-state index in [0.717, 1.165) is 29.4 Å². The Kier molecular flexibility index (Phi) is 4.13. The normalized spacial score (nSPS) is 18.9. The quantitative estimate of drug-likeness (QED) is 0.726. The van der Waals surface area contributed by atoms with Gasteiger partial charge in [-0.3, -0.25) is 9.59 Å². The van der Waals surface area contributed by atoms with Crippen LogP contribution in [0.3, 0.4) is 0 Å². The number of aromatic amines is 1. The van der Waals surface area contributed by atoms with Gasteiger partial charge in [-0.2, -0.15) is 0 Å². The van der Waals surface area contributed by atoms with Crippen LogP contribution in [0.4, 0.5) is 0 Å². The van der Waals surface area contributed by atoms with Gasteiger partial charge in [-0.05, 0) is 41.3 Å². The molecule has 1 N–H and O–H groups in total. The summed E-state index contributed by atoms with van der Waals surface area (Å²) < 4.78 is 0. The molecule has 0 aliphatic carbocycles. The highest BCUT2D eigenvalue weighted by atomic mass is 35.5. The number of piperazine rings is 1. The van der Waals surface area contributed by atoms with Crippen LogP contribution in [0.15, 0.2) is 48.7 Å². The van der Waals surface area contributed by atoms with E-state index in [1.807, 2.05) is 41.4 Å². The molecule has 1 aromatic heterocycles. The van der Waals surface area contributed by atoms with Crippen LogP contribution >= 0.6 is 11.6 Å². The summed E-state index contributed by atoms with van der Waals surface area (Å²) in [7, 11) is 0. The number of nitrogens with one attached hydrogen (secondary N) is 1. The fourth-order valence-corrected chi connectivity index (χ4v) is 4.61. The molecule has 5 nitrogen and oxygen atoms in total. The maximum Gasteiger partial charge on any atom is 0.242 e. The summed E-state index contributed by atoms with van der Waals surface area (Å²) >= 11 is 6.12. The lowest BCUT2D eigenvalue weighted by Gasteiger charge is -2.44. The first-order valence-electron chi connectivity index (χ1n) is 9.51. The second-order valence-electron chi connectivity index (χ2n) is 7.51. The molecule has 0 bridgehead atoms. The summed E-state index contributed by atoms with van der Waals surface area (Å²) in [5.41, 5.74) is 4.30. The second kappa shape index (κ2) is 6.67. The minimum atomic E-state index is -0.0486. The number of carbonyl (C=O) groups excluding carboxylic acids is 2. The fraction of sp³-hybridized carbons (Fsp3) is 0.273. The molecule has 0 radical (unpaired) electrons. The predicted octanol–water partition coefficient (Wildman–Crippen LogP) is 3.33. The first kappa shape index (κ1) is 17.3. The van der Waals surface area contributed by atoms with Crippen molar-refractivity contribution < 1.29 is 9.59 Å². The molecule has 1 unspecified atom stereocenters. The topological polar surface area (TPSA) is 56.4 Å². The largest absolute Gasteiger partial charge is 0.361 e. The number of aromatic nitrogens is 1. The van der Waals surface area contributed by atoms with Gasteiger partial charge in [-0.1, -0.05) is 35.9 Å². The van der Waals surface area contributed by atoms with Crippen LogP contribution in [0.25, 0.3) is 10.9 Å². The van der Waals surface area contributed by atoms with Crippen molar-refractivity contribution in [2.45, 2.75) is 18.9 Å². The number of nitrogens with zero attached hydrogens (tertiary/aromatic N) is 2. The number of carbonyl (C=O) groups is 2. The number of H-pyrrole nitrogens is 1. The van der Waals surface area contributed by atoms with E-state index in [1.54, 1.807) is 4.90 Å². The lowest BCUT2D eigenvalue weighted by molar-refractivity contribution is -0.149. The first-order valence-corrected chi connectivity index (χ1v) is 9.88. The summed E-state index contributed by atoms with van der Waals surface area (Å²) in [6, 6.07) is 13.8. The molecule has 142 valence electrons. The number of benzene rings is 2. The second-order valence-corrected chi connectivity index (χ2v) is 7.94. The number of hydrogen-bond donors (Lipinski definition) is 1. The van der Waals surface area contributed by atoms with Crippen molar-refractivity contribution in [2.75, 3.05) is 19.6 Å². The highest BCUT2D eigenvalue weighted by molar-refractivity contribution is 6.31. The Morgan fingerprint density at radius 3 is 2.96 bits per heavy atom. The number of halogens is 1. The summed E-state index contributed by atoms with van der Waals surface area (Å²) in [5.74, 6) is -0.00185. The first-order chi connectivity index (χ1) is 13.6. The zero-order valence-electron chi connectivity index (χ0n) is 15.3. The molecule has 3 heterocycles. The molecule has 0 spiro atoms. The maximum absolute atomic E-state index is 13.0. The van der Waals surface area contributed by atoms with Gasteiger partial charge in [0.05, 0.1) is 19.0 Å². The molecule has 28 heavy (non-hydrogen) atoms. The van der Waals surface area contributed by atoms with Gasteiger partial charge in [0, 0.05) is 35.2 Å². The van der Waals surface area contributed by atoms with Crippen LogP contribution in [0.1, 0.15) is 22.7 Å². The van der Waals surface area contributed by atoms with E-state index in [4.69, 9.17) is 11.6 Å². The van der Waals surface area contributed by atoms with Crippen molar-refractivity contribution in [3.63, 3.8) is 0 Å². The Morgan fingerprint density at radius 1 is 1.21 bits per heavy atom. The highest BCUT2D eigenvalue weighted by Crippen LogP contribution is 2.33. The number of amides is 2. The number of fused-ring (bicyclic) bond motifs is 4. The van der Waals surface area contributed by atoms with Gasteiger partial charge < -0.3 is 14.8 Å². The molecule has 6 heteroatoms. The number of hydrogen-bond acceptors (Lipinski definition) is 2. The van der Waals surface area contributed by atoms with Gasteiger partial charge >= 0.3 is 0 Å². The van der Waals surface area contributed by atoms with E-state index in [-0.39, 0.29) is 30.8 Å². The highest BCUT2D eigenvalue weighted by Gasteiger charge is 2.38. The van der Waals surface area contributed by atoms with Crippen molar-refractivity contribution in [2.24, 2.45) is 0 Å². The molecule has 1 atom stereocenters. The zero-order valence-corrected chi connectivity index (χ0v) is 16.1. The SMILES string of the molecule is O=C(Cc1c[nH]c2ccc(Cl)cc12)N1CC(=O)N2CCc3ccccc3C2C1. The molecule has 3 aromatic rings. The average molecular weight is 394 g/mol. The molecule has 2 aliphatic heterocycles. The maximum atomic E-state index is 13.0. The molecule has 1 saturated heterocycles. The van der Waals surface area contributed by atoms with Crippen LogP contribution in [0.5, 0.6) is 0 Å².